The topological polar surface area (TPSA) is 94.1 Å². The van der Waals surface area contributed by atoms with Gasteiger partial charge < -0.3 is 10.1 Å². The molecule has 0 fully saturated rings. The third kappa shape index (κ3) is 6.52. The lowest BCUT2D eigenvalue weighted by Gasteiger charge is -2.03. The number of halogens is 1. The minimum Gasteiger partial charge on any atom is -0.466 e. The molecule has 7 nitrogen and oxygen atoms in total. The summed E-state index contributed by atoms with van der Waals surface area (Å²) in [4.78, 5) is 27.8. The van der Waals surface area contributed by atoms with Crippen LogP contribution in [-0.2, 0) is 20.7 Å². The highest BCUT2D eigenvalue weighted by Crippen LogP contribution is 2.22. The largest absolute Gasteiger partial charge is 0.466 e. The van der Waals surface area contributed by atoms with Gasteiger partial charge in [0.05, 0.1) is 30.2 Å². The van der Waals surface area contributed by atoms with Gasteiger partial charge in [0.25, 0.3) is 0 Å². The van der Waals surface area contributed by atoms with Crippen molar-refractivity contribution >= 4 is 51.7 Å². The maximum Gasteiger partial charge on any atom is 0.311 e. The van der Waals surface area contributed by atoms with Crippen molar-refractivity contribution in [2.45, 2.75) is 18.4 Å². The molecule has 0 aliphatic carbocycles. The lowest BCUT2D eigenvalue weighted by Crippen LogP contribution is -2.14. The van der Waals surface area contributed by atoms with Gasteiger partial charge in [-0.25, -0.2) is 4.98 Å². The molecule has 10 heteroatoms. The van der Waals surface area contributed by atoms with E-state index >= 15 is 0 Å². The van der Waals surface area contributed by atoms with Gasteiger partial charge in [0.1, 0.15) is 5.03 Å². The van der Waals surface area contributed by atoms with E-state index in [-0.39, 0.29) is 24.1 Å². The molecule has 1 amide bonds. The van der Waals surface area contributed by atoms with E-state index in [1.807, 2.05) is 24.3 Å². The van der Waals surface area contributed by atoms with E-state index in [1.165, 1.54) is 23.1 Å². The first-order chi connectivity index (χ1) is 14.0. The Balaban J connectivity index is 1.48. The highest BCUT2D eigenvalue weighted by atomic mass is 35.5. The molecule has 0 aliphatic heterocycles. The summed E-state index contributed by atoms with van der Waals surface area (Å²) in [6.07, 6.45) is 0.0878. The zero-order chi connectivity index (χ0) is 20.6. The Morgan fingerprint density at radius 1 is 1.17 bits per heavy atom. The van der Waals surface area contributed by atoms with Crippen LogP contribution in [-0.4, -0.2) is 39.4 Å². The Morgan fingerprint density at radius 3 is 2.66 bits per heavy atom. The summed E-state index contributed by atoms with van der Waals surface area (Å²) in [5.41, 5.74) is 2.21. The molecule has 0 bridgehead atoms. The van der Waals surface area contributed by atoms with Gasteiger partial charge in [-0.1, -0.05) is 35.5 Å². The second-order valence-electron chi connectivity index (χ2n) is 5.73. The number of benzene rings is 1. The summed E-state index contributed by atoms with van der Waals surface area (Å²) in [5.74, 6) is -0.385. The number of nitrogens with one attached hydrogen (secondary N) is 1. The van der Waals surface area contributed by atoms with E-state index < -0.39 is 0 Å². The molecule has 3 rings (SSSR count). The van der Waals surface area contributed by atoms with Gasteiger partial charge in [0, 0.05) is 16.0 Å². The quantitative estimate of drug-likeness (QED) is 0.409. The minimum absolute atomic E-state index is 0.0878. The maximum atomic E-state index is 12.1. The number of thioether (sulfide) groups is 1. The Hall–Kier alpha value is -2.49. The highest BCUT2D eigenvalue weighted by Gasteiger charge is 2.11. The summed E-state index contributed by atoms with van der Waals surface area (Å²) in [7, 11) is 0. The lowest BCUT2D eigenvalue weighted by molar-refractivity contribution is -0.142. The third-order valence-corrected chi connectivity index (χ3v) is 5.54. The minimum atomic E-state index is -0.341. The highest BCUT2D eigenvalue weighted by molar-refractivity contribution is 7.99. The fraction of sp³-hybridized carbons (Fsp3) is 0.211. The number of amides is 1. The van der Waals surface area contributed by atoms with Crippen molar-refractivity contribution < 1.29 is 14.3 Å². The van der Waals surface area contributed by atoms with Crippen LogP contribution in [0.3, 0.4) is 0 Å². The van der Waals surface area contributed by atoms with Crippen molar-refractivity contribution in [2.75, 3.05) is 17.7 Å². The normalized spacial score (nSPS) is 10.6. The van der Waals surface area contributed by atoms with Crippen LogP contribution in [0.5, 0.6) is 0 Å². The van der Waals surface area contributed by atoms with Crippen LogP contribution < -0.4 is 5.32 Å². The summed E-state index contributed by atoms with van der Waals surface area (Å²) >= 11 is 8.42. The van der Waals surface area contributed by atoms with E-state index in [0.29, 0.717) is 27.5 Å². The molecule has 2 aromatic heterocycles. The number of anilines is 1. The molecular formula is C19H17ClN4O3S2. The predicted octanol–water partition coefficient (Wildman–Crippen LogP) is 4.09. The lowest BCUT2D eigenvalue weighted by atomic mass is 10.1. The first-order valence-corrected chi connectivity index (χ1v) is 10.9. The van der Waals surface area contributed by atoms with Crippen LogP contribution in [0.1, 0.15) is 12.6 Å². The van der Waals surface area contributed by atoms with E-state index in [1.54, 1.807) is 24.4 Å². The number of ether oxygens (including phenoxy) is 1. The smallest absolute Gasteiger partial charge is 0.311 e. The van der Waals surface area contributed by atoms with E-state index in [0.717, 1.165) is 11.3 Å². The molecule has 1 N–H and O–H groups in total. The molecule has 150 valence electrons. The molecule has 1 aromatic carbocycles. The summed E-state index contributed by atoms with van der Waals surface area (Å²) in [6, 6.07) is 11.0. The fourth-order valence-electron chi connectivity index (χ4n) is 2.27. The van der Waals surface area contributed by atoms with Crippen molar-refractivity contribution in [3.8, 4) is 11.3 Å². The molecule has 0 atom stereocenters. The predicted molar refractivity (Wildman–Crippen MR) is 114 cm³/mol. The molecule has 0 radical (unpaired) electrons. The molecule has 0 spiro atoms. The molecule has 0 unspecified atom stereocenters. The van der Waals surface area contributed by atoms with Gasteiger partial charge in [0.15, 0.2) is 5.13 Å². The Kier molecular flexibility index (Phi) is 7.56. The average molecular weight is 449 g/mol. The molecule has 2 heterocycles. The SMILES string of the molecule is CCOC(=O)Cc1csc(NC(=O)CSc2ccc(-c3ccc(Cl)cc3)nn2)n1. The number of carbonyl (C=O) groups is 2. The molecule has 0 saturated carbocycles. The summed E-state index contributed by atoms with van der Waals surface area (Å²) < 4.78 is 4.88. The molecule has 3 aromatic rings. The number of carbonyl (C=O) groups excluding carboxylic acids is 2. The van der Waals surface area contributed by atoms with Gasteiger partial charge >= 0.3 is 5.97 Å². The Morgan fingerprint density at radius 2 is 1.97 bits per heavy atom. The van der Waals surface area contributed by atoms with Crippen LogP contribution in [0.2, 0.25) is 5.02 Å². The van der Waals surface area contributed by atoms with E-state index in [4.69, 9.17) is 16.3 Å². The van der Waals surface area contributed by atoms with Crippen LogP contribution in [0.4, 0.5) is 5.13 Å². The van der Waals surface area contributed by atoms with E-state index in [9.17, 15) is 9.59 Å². The van der Waals surface area contributed by atoms with Gasteiger partial charge in [-0.2, -0.15) is 0 Å². The van der Waals surface area contributed by atoms with Crippen LogP contribution in [0.15, 0.2) is 46.8 Å². The van der Waals surface area contributed by atoms with Crippen LogP contribution >= 0.6 is 34.7 Å². The van der Waals surface area contributed by atoms with Crippen LogP contribution in [0.25, 0.3) is 11.3 Å². The zero-order valence-corrected chi connectivity index (χ0v) is 17.8. The number of hydrogen-bond acceptors (Lipinski definition) is 8. The second kappa shape index (κ2) is 10.3. The second-order valence-corrected chi connectivity index (χ2v) is 8.02. The van der Waals surface area contributed by atoms with Gasteiger partial charge in [-0.3, -0.25) is 9.59 Å². The number of nitrogens with zero attached hydrogens (tertiary/aromatic N) is 3. The molecular weight excluding hydrogens is 432 g/mol. The number of rotatable bonds is 8. The van der Waals surface area contributed by atoms with Crippen molar-refractivity contribution in [1.29, 1.82) is 0 Å². The van der Waals surface area contributed by atoms with Gasteiger partial charge in [-0.05, 0) is 31.2 Å². The van der Waals surface area contributed by atoms with Crippen molar-refractivity contribution in [3.05, 3.63) is 52.5 Å². The monoisotopic (exact) mass is 448 g/mol. The third-order valence-electron chi connectivity index (χ3n) is 3.56. The summed E-state index contributed by atoms with van der Waals surface area (Å²) in [5, 5.41) is 14.5. The van der Waals surface area contributed by atoms with Crippen LogP contribution in [0, 0.1) is 0 Å². The number of thiazole rings is 1. The number of esters is 1. The molecule has 0 saturated heterocycles. The van der Waals surface area contributed by atoms with Crippen molar-refractivity contribution in [1.82, 2.24) is 15.2 Å². The van der Waals surface area contributed by atoms with Gasteiger partial charge in [-0.15, -0.1) is 21.5 Å². The van der Waals surface area contributed by atoms with Crippen molar-refractivity contribution in [3.63, 3.8) is 0 Å². The number of aromatic nitrogens is 3. The number of hydrogen-bond donors (Lipinski definition) is 1. The first-order valence-electron chi connectivity index (χ1n) is 8.66. The van der Waals surface area contributed by atoms with Crippen molar-refractivity contribution in [2.24, 2.45) is 0 Å². The first kappa shape index (κ1) is 21.2. The zero-order valence-electron chi connectivity index (χ0n) is 15.4. The van der Waals surface area contributed by atoms with Gasteiger partial charge in [0.2, 0.25) is 5.91 Å². The Labute approximate surface area is 180 Å². The molecule has 0 aliphatic rings. The Bertz CT molecular complexity index is 978. The van der Waals surface area contributed by atoms with E-state index in [2.05, 4.69) is 20.5 Å². The standard InChI is InChI=1S/C19H17ClN4O3S2/c1-2-27-18(26)9-14-10-29-19(21-14)22-16(25)11-28-17-8-7-15(23-24-17)12-3-5-13(20)6-4-12/h3-8,10H,2,9,11H2,1H3,(H,21,22,25). The molecule has 29 heavy (non-hydrogen) atoms. The maximum absolute atomic E-state index is 12.1. The summed E-state index contributed by atoms with van der Waals surface area (Å²) in [6.45, 7) is 2.07. The average Bonchev–Trinajstić information content (AvgIpc) is 3.14. The fourth-order valence-corrected chi connectivity index (χ4v) is 3.74.